The molecule has 16 heavy (non-hydrogen) atoms. The number of rotatable bonds is 2. The average Bonchev–Trinajstić information content (AvgIpc) is 2.97. The monoisotopic (exact) mass is 248 g/mol. The molecule has 2 rings (SSSR count). The Morgan fingerprint density at radius 1 is 1.31 bits per heavy atom. The summed E-state index contributed by atoms with van der Waals surface area (Å²) in [6.45, 7) is 0. The van der Waals surface area contributed by atoms with Gasteiger partial charge in [0.1, 0.15) is 0 Å². The Morgan fingerprint density at radius 3 is 2.38 bits per heavy atom. The summed E-state index contributed by atoms with van der Waals surface area (Å²) >= 11 is 5.41. The van der Waals surface area contributed by atoms with Gasteiger partial charge in [0.2, 0.25) is 5.24 Å². The van der Waals surface area contributed by atoms with E-state index in [9.17, 15) is 18.0 Å². The van der Waals surface area contributed by atoms with Crippen LogP contribution in [0.1, 0.15) is 24.0 Å². The highest BCUT2D eigenvalue weighted by atomic mass is 35.5. The summed E-state index contributed by atoms with van der Waals surface area (Å²) in [6.07, 6.45) is -3.34. The molecule has 0 amide bonds. The molecule has 1 aliphatic carbocycles. The molecular formula is C11H8ClF3O. The van der Waals surface area contributed by atoms with E-state index in [4.69, 9.17) is 11.6 Å². The van der Waals surface area contributed by atoms with Gasteiger partial charge >= 0.3 is 6.18 Å². The molecule has 0 atom stereocenters. The molecule has 5 heteroatoms. The van der Waals surface area contributed by atoms with E-state index in [1.54, 1.807) is 0 Å². The molecule has 0 aromatic heterocycles. The van der Waals surface area contributed by atoms with E-state index < -0.39 is 22.4 Å². The molecule has 0 unspecified atom stereocenters. The lowest BCUT2D eigenvalue weighted by molar-refractivity contribution is -0.137. The van der Waals surface area contributed by atoms with E-state index in [1.807, 2.05) is 0 Å². The van der Waals surface area contributed by atoms with Crippen LogP contribution in [-0.2, 0) is 16.4 Å². The summed E-state index contributed by atoms with van der Waals surface area (Å²) in [4.78, 5) is 11.2. The predicted molar refractivity (Wildman–Crippen MR) is 53.2 cm³/mol. The Bertz CT molecular complexity index is 435. The van der Waals surface area contributed by atoms with Crippen LogP contribution in [0, 0.1) is 0 Å². The first-order valence-corrected chi connectivity index (χ1v) is 5.12. The minimum Gasteiger partial charge on any atom is -0.280 e. The smallest absolute Gasteiger partial charge is 0.280 e. The predicted octanol–water partition coefficient (Wildman–Crippen LogP) is 3.50. The molecule has 1 nitrogen and oxygen atoms in total. The number of benzene rings is 1. The van der Waals surface area contributed by atoms with Gasteiger partial charge < -0.3 is 0 Å². The molecule has 86 valence electrons. The summed E-state index contributed by atoms with van der Waals surface area (Å²) in [6, 6.07) is 4.81. The van der Waals surface area contributed by atoms with Crippen molar-refractivity contribution < 1.29 is 18.0 Å². The number of hydrogen-bond acceptors (Lipinski definition) is 1. The van der Waals surface area contributed by atoms with Gasteiger partial charge in [-0.05, 0) is 36.1 Å². The summed E-state index contributed by atoms with van der Waals surface area (Å²) in [5, 5.41) is -0.577. The molecule has 1 aromatic carbocycles. The van der Waals surface area contributed by atoms with Gasteiger partial charge in [0.05, 0.1) is 11.0 Å². The van der Waals surface area contributed by atoms with Crippen molar-refractivity contribution >= 4 is 16.8 Å². The molecular weight excluding hydrogens is 241 g/mol. The Morgan fingerprint density at radius 2 is 1.94 bits per heavy atom. The third-order valence-electron chi connectivity index (χ3n) is 2.87. The number of alkyl halides is 3. The van der Waals surface area contributed by atoms with E-state index in [-0.39, 0.29) is 0 Å². The zero-order valence-corrected chi connectivity index (χ0v) is 8.90. The zero-order valence-electron chi connectivity index (χ0n) is 8.14. The Balaban J connectivity index is 2.41. The van der Waals surface area contributed by atoms with E-state index in [2.05, 4.69) is 0 Å². The quantitative estimate of drug-likeness (QED) is 0.732. The van der Waals surface area contributed by atoms with Crippen LogP contribution in [0.2, 0.25) is 0 Å². The summed E-state index contributed by atoms with van der Waals surface area (Å²) in [7, 11) is 0. The molecule has 0 spiro atoms. The molecule has 1 aliphatic rings. The maximum absolute atomic E-state index is 12.5. The molecule has 0 radical (unpaired) electrons. The van der Waals surface area contributed by atoms with Crippen LogP contribution in [0.4, 0.5) is 13.2 Å². The average molecular weight is 249 g/mol. The van der Waals surface area contributed by atoms with Crippen LogP contribution in [0.15, 0.2) is 24.3 Å². The third kappa shape index (κ3) is 1.82. The first kappa shape index (κ1) is 11.5. The first-order chi connectivity index (χ1) is 7.36. The van der Waals surface area contributed by atoms with Crippen LogP contribution in [0.25, 0.3) is 0 Å². The fourth-order valence-electron chi connectivity index (χ4n) is 1.72. The van der Waals surface area contributed by atoms with Crippen LogP contribution in [-0.4, -0.2) is 5.24 Å². The summed E-state index contributed by atoms with van der Waals surface area (Å²) < 4.78 is 37.4. The van der Waals surface area contributed by atoms with Crippen molar-refractivity contribution in [2.45, 2.75) is 24.4 Å². The minimum atomic E-state index is -4.39. The van der Waals surface area contributed by atoms with Gasteiger partial charge in [-0.15, -0.1) is 0 Å². The topological polar surface area (TPSA) is 17.1 Å². The van der Waals surface area contributed by atoms with Gasteiger partial charge in [-0.3, -0.25) is 4.79 Å². The van der Waals surface area contributed by atoms with Crippen molar-refractivity contribution in [2.24, 2.45) is 0 Å². The summed E-state index contributed by atoms with van der Waals surface area (Å²) in [5.74, 6) is 0. The zero-order chi connectivity index (χ0) is 12.0. The van der Waals surface area contributed by atoms with Crippen molar-refractivity contribution in [3.8, 4) is 0 Å². The molecule has 1 fully saturated rings. The van der Waals surface area contributed by atoms with Gasteiger partial charge in [-0.25, -0.2) is 0 Å². The number of halogens is 4. The Kier molecular flexibility index (Phi) is 2.49. The molecule has 0 saturated heterocycles. The lowest BCUT2D eigenvalue weighted by Gasteiger charge is -2.13. The van der Waals surface area contributed by atoms with Gasteiger partial charge in [0.15, 0.2) is 0 Å². The lowest BCUT2D eigenvalue weighted by atomic mass is 9.95. The second kappa shape index (κ2) is 3.48. The molecule has 1 aromatic rings. The van der Waals surface area contributed by atoms with Crippen molar-refractivity contribution in [3.05, 3.63) is 35.4 Å². The largest absolute Gasteiger partial charge is 0.416 e. The lowest BCUT2D eigenvalue weighted by Crippen LogP contribution is -2.16. The van der Waals surface area contributed by atoms with Crippen LogP contribution in [0.3, 0.4) is 0 Å². The van der Waals surface area contributed by atoms with E-state index in [1.165, 1.54) is 12.1 Å². The molecule has 0 N–H and O–H groups in total. The SMILES string of the molecule is O=C(Cl)C1(c2cccc(C(F)(F)F)c2)CC1. The summed E-state index contributed by atoms with van der Waals surface area (Å²) in [5.41, 5.74) is -1.25. The first-order valence-electron chi connectivity index (χ1n) is 4.74. The fraction of sp³-hybridized carbons (Fsp3) is 0.364. The third-order valence-corrected chi connectivity index (χ3v) is 3.23. The second-order valence-corrected chi connectivity index (χ2v) is 4.28. The number of carbonyl (C=O) groups excluding carboxylic acids is 1. The molecule has 0 bridgehead atoms. The second-order valence-electron chi connectivity index (χ2n) is 3.93. The van der Waals surface area contributed by atoms with Crippen LogP contribution in [0.5, 0.6) is 0 Å². The molecule has 0 aliphatic heterocycles. The van der Waals surface area contributed by atoms with Gasteiger partial charge in [-0.1, -0.05) is 18.2 Å². The van der Waals surface area contributed by atoms with E-state index in [0.717, 1.165) is 12.1 Å². The highest BCUT2D eigenvalue weighted by Gasteiger charge is 2.50. The van der Waals surface area contributed by atoms with Crippen LogP contribution < -0.4 is 0 Å². The van der Waals surface area contributed by atoms with E-state index >= 15 is 0 Å². The van der Waals surface area contributed by atoms with Crippen molar-refractivity contribution in [3.63, 3.8) is 0 Å². The van der Waals surface area contributed by atoms with Gasteiger partial charge in [0, 0.05) is 0 Å². The Labute approximate surface area is 95.2 Å². The maximum Gasteiger partial charge on any atom is 0.416 e. The maximum atomic E-state index is 12.5. The fourth-order valence-corrected chi connectivity index (χ4v) is 2.01. The van der Waals surface area contributed by atoms with E-state index in [0.29, 0.717) is 18.4 Å². The number of carbonyl (C=O) groups is 1. The van der Waals surface area contributed by atoms with Gasteiger partial charge in [0.25, 0.3) is 0 Å². The standard InChI is InChI=1S/C11H8ClF3O/c12-9(16)10(4-5-10)7-2-1-3-8(6-7)11(13,14)15/h1-3,6H,4-5H2. The molecule has 1 saturated carbocycles. The minimum absolute atomic E-state index is 0.363. The molecule has 0 heterocycles. The van der Waals surface area contributed by atoms with Crippen molar-refractivity contribution in [1.82, 2.24) is 0 Å². The van der Waals surface area contributed by atoms with Crippen molar-refractivity contribution in [1.29, 1.82) is 0 Å². The van der Waals surface area contributed by atoms with Gasteiger partial charge in [-0.2, -0.15) is 13.2 Å². The Hall–Kier alpha value is -1.03. The normalized spacial score (nSPS) is 18.2. The highest BCUT2D eigenvalue weighted by molar-refractivity contribution is 6.66. The van der Waals surface area contributed by atoms with Crippen molar-refractivity contribution in [2.75, 3.05) is 0 Å². The van der Waals surface area contributed by atoms with Crippen LogP contribution >= 0.6 is 11.6 Å². The number of hydrogen-bond donors (Lipinski definition) is 0. The highest BCUT2D eigenvalue weighted by Crippen LogP contribution is 2.50.